The average molecular weight is 643 g/mol. The molecule has 0 unspecified atom stereocenters. The Balaban J connectivity index is 1.88. The fourth-order valence-corrected chi connectivity index (χ4v) is 4.89. The summed E-state index contributed by atoms with van der Waals surface area (Å²) >= 11 is 0. The van der Waals surface area contributed by atoms with Crippen LogP contribution in [0.15, 0.2) is 72.8 Å². The van der Waals surface area contributed by atoms with Crippen molar-refractivity contribution in [3.63, 3.8) is 0 Å². The van der Waals surface area contributed by atoms with Gasteiger partial charge in [-0.3, -0.25) is 14.4 Å². The van der Waals surface area contributed by atoms with Gasteiger partial charge in [-0.15, -0.1) is 0 Å². The van der Waals surface area contributed by atoms with Crippen LogP contribution in [0.3, 0.4) is 0 Å². The number of ether oxygens (including phenoxy) is 1. The molecule has 3 aromatic rings. The number of hydrogen-bond donors (Lipinski definition) is 4. The predicted octanol–water partition coefficient (Wildman–Crippen LogP) is 4.95. The van der Waals surface area contributed by atoms with Gasteiger partial charge in [-0.05, 0) is 60.7 Å². The third-order valence-electron chi connectivity index (χ3n) is 7.13. The number of anilines is 1. The zero-order valence-corrected chi connectivity index (χ0v) is 26.2. The molecule has 248 valence electrons. The van der Waals surface area contributed by atoms with E-state index in [1.807, 2.05) is 68.4 Å². The van der Waals surface area contributed by atoms with Crippen molar-refractivity contribution < 1.29 is 37.4 Å². The molecule has 2 atom stereocenters. The first-order valence-electron chi connectivity index (χ1n) is 15.1. The molecule has 0 aromatic heterocycles. The van der Waals surface area contributed by atoms with E-state index < -0.39 is 36.0 Å². The Morgan fingerprint density at radius 2 is 1.54 bits per heavy atom. The molecule has 0 aliphatic rings. The van der Waals surface area contributed by atoms with E-state index in [0.717, 1.165) is 23.3 Å². The number of halogens is 3. The van der Waals surface area contributed by atoms with Crippen molar-refractivity contribution in [1.29, 1.82) is 0 Å². The molecule has 0 heterocycles. The number of benzene rings is 3. The van der Waals surface area contributed by atoms with E-state index >= 15 is 0 Å². The van der Waals surface area contributed by atoms with Crippen molar-refractivity contribution in [1.82, 2.24) is 15.5 Å². The van der Waals surface area contributed by atoms with Gasteiger partial charge in [-0.1, -0.05) is 56.3 Å². The summed E-state index contributed by atoms with van der Waals surface area (Å²) in [6.45, 7) is 5.10. The Morgan fingerprint density at radius 3 is 2.17 bits per heavy atom. The Morgan fingerprint density at radius 1 is 0.891 bits per heavy atom. The van der Waals surface area contributed by atoms with E-state index in [1.165, 1.54) is 6.07 Å². The molecule has 46 heavy (non-hydrogen) atoms. The summed E-state index contributed by atoms with van der Waals surface area (Å²) in [6, 6.07) is 19.3. The standard InChI is InChI=1S/C34H41F3N4O5/c1-4-14-41(15-5-2)32(44)26-18-25(19-27(20-26)39-33(45)34(35,36)37)31(43)40-29(17-23-10-7-6-8-11-23)30(42)22-38-21-24-12-9-13-28(16-24)46-3/h6-13,16,18-20,29-30,38,42H,4-5,14-15,17,21-22H2,1-3H3,(H,39,45)(H,40,43)/t29-,30+/m0/s1. The molecule has 0 saturated carbocycles. The van der Waals surface area contributed by atoms with Gasteiger partial charge in [0.25, 0.3) is 11.8 Å². The van der Waals surface area contributed by atoms with Crippen LogP contribution in [0.5, 0.6) is 5.75 Å². The molecule has 0 spiro atoms. The number of aliphatic hydroxyl groups is 1. The molecular weight excluding hydrogens is 601 g/mol. The van der Waals surface area contributed by atoms with Crippen LogP contribution in [0.1, 0.15) is 58.5 Å². The quantitative estimate of drug-likeness (QED) is 0.176. The lowest BCUT2D eigenvalue weighted by Gasteiger charge is -2.26. The summed E-state index contributed by atoms with van der Waals surface area (Å²) in [6.07, 6.45) is -4.72. The number of nitrogens with one attached hydrogen (secondary N) is 3. The summed E-state index contributed by atoms with van der Waals surface area (Å²) in [5.41, 5.74) is 1.20. The maximum Gasteiger partial charge on any atom is 0.471 e. The van der Waals surface area contributed by atoms with Gasteiger partial charge in [0.15, 0.2) is 0 Å². The van der Waals surface area contributed by atoms with Crippen molar-refractivity contribution in [2.75, 3.05) is 32.1 Å². The third-order valence-corrected chi connectivity index (χ3v) is 7.13. The largest absolute Gasteiger partial charge is 0.497 e. The molecule has 0 aliphatic heterocycles. The van der Waals surface area contributed by atoms with Crippen molar-refractivity contribution in [3.05, 3.63) is 95.1 Å². The van der Waals surface area contributed by atoms with Crippen LogP contribution in [0.4, 0.5) is 18.9 Å². The first-order chi connectivity index (χ1) is 21.9. The van der Waals surface area contributed by atoms with Crippen LogP contribution in [-0.4, -0.2) is 72.8 Å². The van der Waals surface area contributed by atoms with Crippen LogP contribution < -0.4 is 20.7 Å². The van der Waals surface area contributed by atoms with Crippen LogP contribution >= 0.6 is 0 Å². The lowest BCUT2D eigenvalue weighted by molar-refractivity contribution is -0.167. The van der Waals surface area contributed by atoms with E-state index in [9.17, 15) is 32.7 Å². The van der Waals surface area contributed by atoms with E-state index in [0.29, 0.717) is 38.2 Å². The highest BCUT2D eigenvalue weighted by atomic mass is 19.4. The highest BCUT2D eigenvalue weighted by Gasteiger charge is 2.39. The number of rotatable bonds is 16. The second-order valence-electron chi connectivity index (χ2n) is 10.9. The van der Waals surface area contributed by atoms with Crippen molar-refractivity contribution in [2.45, 2.75) is 58.0 Å². The molecule has 0 bridgehead atoms. The summed E-state index contributed by atoms with van der Waals surface area (Å²) < 4.78 is 44.5. The molecule has 9 nitrogen and oxygen atoms in total. The minimum Gasteiger partial charge on any atom is -0.497 e. The van der Waals surface area contributed by atoms with Gasteiger partial charge in [0, 0.05) is 43.0 Å². The first-order valence-corrected chi connectivity index (χ1v) is 15.1. The monoisotopic (exact) mass is 642 g/mol. The zero-order chi connectivity index (χ0) is 33.7. The topological polar surface area (TPSA) is 120 Å². The van der Waals surface area contributed by atoms with Crippen molar-refractivity contribution in [3.8, 4) is 5.75 Å². The first kappa shape index (κ1) is 36.1. The number of carbonyl (C=O) groups is 3. The second kappa shape index (κ2) is 17.3. The van der Waals surface area contributed by atoms with Crippen LogP contribution in [0.25, 0.3) is 0 Å². The molecule has 4 N–H and O–H groups in total. The minimum atomic E-state index is -5.18. The maximum absolute atomic E-state index is 13.6. The van der Waals surface area contributed by atoms with E-state index in [4.69, 9.17) is 4.74 Å². The van der Waals surface area contributed by atoms with Crippen molar-refractivity contribution >= 4 is 23.4 Å². The maximum atomic E-state index is 13.6. The summed E-state index contributed by atoms with van der Waals surface area (Å²) in [5.74, 6) is -2.76. The predicted molar refractivity (Wildman–Crippen MR) is 170 cm³/mol. The molecular formula is C34H41F3N4O5. The lowest BCUT2D eigenvalue weighted by Crippen LogP contribution is -2.48. The number of carbonyl (C=O) groups excluding carboxylic acids is 3. The molecule has 3 aromatic carbocycles. The van der Waals surface area contributed by atoms with E-state index in [2.05, 4.69) is 10.6 Å². The fraction of sp³-hybridized carbons (Fsp3) is 0.382. The van der Waals surface area contributed by atoms with Crippen LogP contribution in [0.2, 0.25) is 0 Å². The minimum absolute atomic E-state index is 0.0489. The average Bonchev–Trinajstić information content (AvgIpc) is 3.03. The molecule has 3 rings (SSSR count). The van der Waals surface area contributed by atoms with E-state index in [1.54, 1.807) is 17.3 Å². The number of aliphatic hydroxyl groups excluding tert-OH is 1. The normalized spacial score (nSPS) is 12.6. The molecule has 0 saturated heterocycles. The lowest BCUT2D eigenvalue weighted by atomic mass is 9.99. The number of alkyl halides is 3. The SMILES string of the molecule is CCCN(CCC)C(=O)c1cc(NC(=O)C(F)(F)F)cc(C(=O)N[C@@H](Cc2ccccc2)[C@H](O)CNCc2cccc(OC)c2)c1. The second-order valence-corrected chi connectivity index (χ2v) is 10.9. The number of hydrogen-bond acceptors (Lipinski definition) is 6. The van der Waals surface area contributed by atoms with Gasteiger partial charge >= 0.3 is 12.1 Å². The summed E-state index contributed by atoms with van der Waals surface area (Å²) in [4.78, 5) is 40.3. The van der Waals surface area contributed by atoms with Gasteiger partial charge in [0.05, 0.1) is 19.3 Å². The Hall–Kier alpha value is -4.42. The van der Waals surface area contributed by atoms with Gasteiger partial charge in [-0.2, -0.15) is 13.2 Å². The molecule has 12 heteroatoms. The fourth-order valence-electron chi connectivity index (χ4n) is 4.89. The molecule has 0 aliphatic carbocycles. The van der Waals surface area contributed by atoms with E-state index in [-0.39, 0.29) is 29.8 Å². The summed E-state index contributed by atoms with van der Waals surface area (Å²) in [7, 11) is 1.57. The van der Waals surface area contributed by atoms with Crippen LogP contribution in [-0.2, 0) is 17.8 Å². The van der Waals surface area contributed by atoms with Gasteiger partial charge in [-0.25, -0.2) is 0 Å². The van der Waals surface area contributed by atoms with Crippen LogP contribution in [0, 0.1) is 0 Å². The third kappa shape index (κ3) is 10.9. The zero-order valence-electron chi connectivity index (χ0n) is 26.2. The molecule has 0 radical (unpaired) electrons. The highest BCUT2D eigenvalue weighted by Crippen LogP contribution is 2.22. The number of nitrogens with zero attached hydrogens (tertiary/aromatic N) is 1. The Bertz CT molecular complexity index is 1450. The Kier molecular flexibility index (Phi) is 13.6. The van der Waals surface area contributed by atoms with Gasteiger partial charge in [0.1, 0.15) is 5.75 Å². The molecule has 3 amide bonds. The molecule has 0 fully saturated rings. The Labute approximate surface area is 267 Å². The smallest absolute Gasteiger partial charge is 0.471 e. The highest BCUT2D eigenvalue weighted by molar-refractivity contribution is 6.03. The number of amides is 3. The van der Waals surface area contributed by atoms with Gasteiger partial charge < -0.3 is 30.7 Å². The number of methoxy groups -OCH3 is 1. The summed E-state index contributed by atoms with van der Waals surface area (Å²) in [5, 5.41) is 18.9. The van der Waals surface area contributed by atoms with Crippen molar-refractivity contribution in [2.24, 2.45) is 0 Å². The van der Waals surface area contributed by atoms with Gasteiger partial charge in [0.2, 0.25) is 0 Å².